The summed E-state index contributed by atoms with van der Waals surface area (Å²) in [6.07, 6.45) is 0. The lowest BCUT2D eigenvalue weighted by molar-refractivity contribution is -0.123. The minimum Gasteiger partial charge on any atom is -0.484 e. The summed E-state index contributed by atoms with van der Waals surface area (Å²) >= 11 is 5.85. The zero-order valence-corrected chi connectivity index (χ0v) is 17.0. The average Bonchev–Trinajstić information content (AvgIpc) is 2.60. The van der Waals surface area contributed by atoms with Crippen LogP contribution in [0.5, 0.6) is 5.75 Å². The van der Waals surface area contributed by atoms with Gasteiger partial charge in [-0.1, -0.05) is 23.7 Å². The normalized spacial score (nSPS) is 12.6. The van der Waals surface area contributed by atoms with Crippen LogP contribution in [-0.4, -0.2) is 27.0 Å². The zero-order chi connectivity index (χ0) is 20.0. The van der Waals surface area contributed by atoms with Gasteiger partial charge in [-0.2, -0.15) is 0 Å². The van der Waals surface area contributed by atoms with Gasteiger partial charge in [-0.05, 0) is 62.7 Å². The number of benzene rings is 2. The Kier molecular flexibility index (Phi) is 7.24. The van der Waals surface area contributed by atoms with Gasteiger partial charge in [-0.3, -0.25) is 4.79 Å². The van der Waals surface area contributed by atoms with Crippen LogP contribution in [0.4, 0.5) is 0 Å². The van der Waals surface area contributed by atoms with E-state index in [4.69, 9.17) is 16.3 Å². The molecule has 6 nitrogen and oxygen atoms in total. The Morgan fingerprint density at radius 1 is 1.04 bits per heavy atom. The summed E-state index contributed by atoms with van der Waals surface area (Å²) in [5.41, 5.74) is 0.931. The molecule has 27 heavy (non-hydrogen) atoms. The van der Waals surface area contributed by atoms with E-state index in [9.17, 15) is 13.2 Å². The first kappa shape index (κ1) is 21.2. The summed E-state index contributed by atoms with van der Waals surface area (Å²) in [5, 5.41) is 3.46. The number of halogens is 1. The van der Waals surface area contributed by atoms with E-state index in [0.717, 1.165) is 5.56 Å². The summed E-state index contributed by atoms with van der Waals surface area (Å²) in [4.78, 5) is 12.2. The molecular formula is C19H23ClN2O4S. The highest BCUT2D eigenvalue weighted by Gasteiger charge is 2.15. The molecule has 0 saturated carbocycles. The number of hydrogen-bond acceptors (Lipinski definition) is 4. The Bertz CT molecular complexity index is 866. The first-order valence-corrected chi connectivity index (χ1v) is 10.3. The van der Waals surface area contributed by atoms with Gasteiger partial charge in [0.05, 0.1) is 10.9 Å². The monoisotopic (exact) mass is 410 g/mol. The van der Waals surface area contributed by atoms with Gasteiger partial charge in [0.1, 0.15) is 5.75 Å². The smallest absolute Gasteiger partial charge is 0.258 e. The molecule has 0 aromatic heterocycles. The van der Waals surface area contributed by atoms with Crippen LogP contribution in [0.3, 0.4) is 0 Å². The minimum absolute atomic E-state index is 0.143. The molecule has 2 N–H and O–H groups in total. The van der Waals surface area contributed by atoms with Crippen molar-refractivity contribution in [2.45, 2.75) is 37.8 Å². The van der Waals surface area contributed by atoms with E-state index in [1.165, 1.54) is 24.3 Å². The number of rotatable bonds is 8. The summed E-state index contributed by atoms with van der Waals surface area (Å²) in [6.45, 7) is 5.19. The number of carbonyl (C=O) groups excluding carboxylic acids is 1. The lowest BCUT2D eigenvalue weighted by Crippen LogP contribution is -2.31. The average molecular weight is 411 g/mol. The second-order valence-electron chi connectivity index (χ2n) is 6.38. The van der Waals surface area contributed by atoms with Crippen molar-refractivity contribution in [3.05, 3.63) is 59.1 Å². The molecule has 0 heterocycles. The van der Waals surface area contributed by atoms with Crippen molar-refractivity contribution in [1.82, 2.24) is 10.0 Å². The molecule has 0 bridgehead atoms. The highest BCUT2D eigenvalue weighted by atomic mass is 35.5. The highest BCUT2D eigenvalue weighted by molar-refractivity contribution is 7.89. The van der Waals surface area contributed by atoms with Crippen LogP contribution in [-0.2, 0) is 14.8 Å². The molecular weight excluding hydrogens is 388 g/mol. The maximum Gasteiger partial charge on any atom is 0.258 e. The van der Waals surface area contributed by atoms with Crippen molar-refractivity contribution in [3.8, 4) is 5.75 Å². The predicted octanol–water partition coefficient (Wildman–Crippen LogP) is 3.28. The first-order valence-electron chi connectivity index (χ1n) is 8.47. The summed E-state index contributed by atoms with van der Waals surface area (Å²) < 4.78 is 32.1. The van der Waals surface area contributed by atoms with Gasteiger partial charge in [0.25, 0.3) is 5.91 Å². The number of carbonyl (C=O) groups is 1. The van der Waals surface area contributed by atoms with Gasteiger partial charge in [-0.25, -0.2) is 13.1 Å². The summed E-state index contributed by atoms with van der Waals surface area (Å²) in [5.74, 6) is 0.128. The maximum absolute atomic E-state index is 12.1. The Labute approximate surface area is 164 Å². The van der Waals surface area contributed by atoms with Crippen molar-refractivity contribution < 1.29 is 17.9 Å². The van der Waals surface area contributed by atoms with Crippen LogP contribution in [0.15, 0.2) is 53.4 Å². The van der Waals surface area contributed by atoms with E-state index in [2.05, 4.69) is 10.0 Å². The van der Waals surface area contributed by atoms with Crippen molar-refractivity contribution in [2.75, 3.05) is 6.61 Å². The van der Waals surface area contributed by atoms with Crippen LogP contribution < -0.4 is 14.8 Å². The molecule has 0 aliphatic rings. The number of sulfonamides is 1. The highest BCUT2D eigenvalue weighted by Crippen LogP contribution is 2.17. The van der Waals surface area contributed by atoms with Crippen molar-refractivity contribution in [2.24, 2.45) is 0 Å². The third-order valence-corrected chi connectivity index (χ3v) is 5.57. The van der Waals surface area contributed by atoms with Crippen LogP contribution in [0, 0.1) is 0 Å². The van der Waals surface area contributed by atoms with E-state index in [0.29, 0.717) is 10.8 Å². The molecule has 0 unspecified atom stereocenters. The SMILES string of the molecule is CC(C)NS(=O)(=O)c1ccc(OCC(=O)N[C@H](C)c2ccc(Cl)cc2)cc1. The largest absolute Gasteiger partial charge is 0.484 e. The molecule has 2 aromatic rings. The van der Waals surface area contributed by atoms with Gasteiger partial charge < -0.3 is 10.1 Å². The molecule has 0 fully saturated rings. The number of ether oxygens (including phenoxy) is 1. The molecule has 0 aliphatic carbocycles. The molecule has 2 aromatic carbocycles. The Balaban J connectivity index is 1.89. The zero-order valence-electron chi connectivity index (χ0n) is 15.4. The van der Waals surface area contributed by atoms with Crippen LogP contribution in [0.2, 0.25) is 5.02 Å². The molecule has 1 atom stereocenters. The van der Waals surface area contributed by atoms with Crippen LogP contribution in [0.1, 0.15) is 32.4 Å². The third-order valence-electron chi connectivity index (χ3n) is 3.64. The number of hydrogen-bond donors (Lipinski definition) is 2. The lowest BCUT2D eigenvalue weighted by atomic mass is 10.1. The fourth-order valence-electron chi connectivity index (χ4n) is 2.36. The fraction of sp³-hybridized carbons (Fsp3) is 0.316. The molecule has 0 spiro atoms. The standard InChI is InChI=1S/C19H23ClN2O4S/c1-13(2)22-27(24,25)18-10-8-17(9-11-18)26-12-19(23)21-14(3)15-4-6-16(20)7-5-15/h4-11,13-14,22H,12H2,1-3H3,(H,21,23)/t14-/m1/s1. The fourth-order valence-corrected chi connectivity index (χ4v) is 3.74. The van der Waals surface area contributed by atoms with E-state index in [1.54, 1.807) is 26.0 Å². The van der Waals surface area contributed by atoms with E-state index in [-0.39, 0.29) is 29.5 Å². The van der Waals surface area contributed by atoms with Gasteiger partial charge in [0, 0.05) is 11.1 Å². The summed E-state index contributed by atoms with van der Waals surface area (Å²) in [7, 11) is -3.55. The Morgan fingerprint density at radius 3 is 2.19 bits per heavy atom. The lowest BCUT2D eigenvalue weighted by Gasteiger charge is -2.15. The van der Waals surface area contributed by atoms with Gasteiger partial charge in [0.15, 0.2) is 6.61 Å². The van der Waals surface area contributed by atoms with Crippen molar-refractivity contribution >= 4 is 27.5 Å². The number of nitrogens with one attached hydrogen (secondary N) is 2. The minimum atomic E-state index is -3.55. The van der Waals surface area contributed by atoms with E-state index in [1.807, 2.05) is 19.1 Å². The van der Waals surface area contributed by atoms with Crippen LogP contribution >= 0.6 is 11.6 Å². The molecule has 1 amide bonds. The van der Waals surface area contributed by atoms with Crippen molar-refractivity contribution in [1.29, 1.82) is 0 Å². The molecule has 0 radical (unpaired) electrons. The number of amides is 1. The summed E-state index contributed by atoms with van der Waals surface area (Å²) in [6, 6.07) is 12.7. The second-order valence-corrected chi connectivity index (χ2v) is 8.53. The third kappa shape index (κ3) is 6.53. The molecule has 8 heteroatoms. The maximum atomic E-state index is 12.1. The Morgan fingerprint density at radius 2 is 1.63 bits per heavy atom. The topological polar surface area (TPSA) is 84.5 Å². The molecule has 2 rings (SSSR count). The first-order chi connectivity index (χ1) is 12.7. The second kappa shape index (κ2) is 9.21. The molecule has 0 saturated heterocycles. The van der Waals surface area contributed by atoms with Crippen molar-refractivity contribution in [3.63, 3.8) is 0 Å². The van der Waals surface area contributed by atoms with Gasteiger partial charge >= 0.3 is 0 Å². The van der Waals surface area contributed by atoms with Gasteiger partial charge in [-0.15, -0.1) is 0 Å². The quantitative estimate of drug-likeness (QED) is 0.699. The molecule has 146 valence electrons. The van der Waals surface area contributed by atoms with E-state index >= 15 is 0 Å². The van der Waals surface area contributed by atoms with Crippen LogP contribution in [0.25, 0.3) is 0 Å². The Hall–Kier alpha value is -2.09. The van der Waals surface area contributed by atoms with Gasteiger partial charge in [0.2, 0.25) is 10.0 Å². The predicted molar refractivity (Wildman–Crippen MR) is 105 cm³/mol. The molecule has 0 aliphatic heterocycles. The van der Waals surface area contributed by atoms with E-state index < -0.39 is 10.0 Å².